The van der Waals surface area contributed by atoms with Crippen LogP contribution in [0.1, 0.15) is 36.3 Å². The minimum atomic E-state index is -0.376. The molecule has 2 aromatic carbocycles. The third-order valence-corrected chi connectivity index (χ3v) is 5.19. The molecule has 1 unspecified atom stereocenters. The van der Waals surface area contributed by atoms with Crippen molar-refractivity contribution in [1.82, 2.24) is 5.01 Å². The van der Waals surface area contributed by atoms with Gasteiger partial charge in [0.1, 0.15) is 11.8 Å². The topological polar surface area (TPSA) is 88.1 Å². The van der Waals surface area contributed by atoms with Gasteiger partial charge in [-0.05, 0) is 48.9 Å². The van der Waals surface area contributed by atoms with Gasteiger partial charge < -0.3 is 13.9 Å². The minimum absolute atomic E-state index is 0.249. The van der Waals surface area contributed by atoms with E-state index in [0.29, 0.717) is 40.9 Å². The molecule has 3 aromatic rings. The number of carbonyl (C=O) groups is 1. The van der Waals surface area contributed by atoms with E-state index in [0.717, 1.165) is 11.3 Å². The second kappa shape index (κ2) is 9.58. The van der Waals surface area contributed by atoms with Gasteiger partial charge in [-0.3, -0.25) is 4.79 Å². The number of nitriles is 1. The van der Waals surface area contributed by atoms with Crippen LogP contribution in [0.4, 0.5) is 0 Å². The van der Waals surface area contributed by atoms with E-state index in [1.165, 1.54) is 5.01 Å². The zero-order valence-electron chi connectivity index (χ0n) is 17.3. The fourth-order valence-electron chi connectivity index (χ4n) is 3.43. The standard InChI is InChI=1S/C24H20ClN3O4/c1-2-30-23-12-16(14-26)5-10-22(23)32-15-24(29)28-20(21-4-3-11-31-21)13-19(27-28)17-6-8-18(25)9-7-17/h3-12,20H,2,13,15H2,1H3. The van der Waals surface area contributed by atoms with Gasteiger partial charge in [0.2, 0.25) is 0 Å². The maximum Gasteiger partial charge on any atom is 0.281 e. The molecule has 7 nitrogen and oxygen atoms in total. The molecular weight excluding hydrogens is 430 g/mol. The summed E-state index contributed by atoms with van der Waals surface area (Å²) in [5.41, 5.74) is 2.08. The van der Waals surface area contributed by atoms with Crippen molar-refractivity contribution in [2.75, 3.05) is 13.2 Å². The zero-order valence-corrected chi connectivity index (χ0v) is 18.1. The van der Waals surface area contributed by atoms with E-state index in [9.17, 15) is 4.79 Å². The van der Waals surface area contributed by atoms with Crippen LogP contribution < -0.4 is 9.47 Å². The number of hydrogen-bond acceptors (Lipinski definition) is 6. The summed E-state index contributed by atoms with van der Waals surface area (Å²) in [5, 5.41) is 15.7. The lowest BCUT2D eigenvalue weighted by atomic mass is 10.0. The van der Waals surface area contributed by atoms with E-state index in [1.807, 2.05) is 25.1 Å². The average molecular weight is 450 g/mol. The molecule has 1 amide bonds. The molecule has 0 aliphatic carbocycles. The molecular formula is C24H20ClN3O4. The highest BCUT2D eigenvalue weighted by molar-refractivity contribution is 6.30. The van der Waals surface area contributed by atoms with Crippen LogP contribution in [0.25, 0.3) is 0 Å². The smallest absolute Gasteiger partial charge is 0.281 e. The highest BCUT2D eigenvalue weighted by atomic mass is 35.5. The van der Waals surface area contributed by atoms with E-state index in [1.54, 1.807) is 42.7 Å². The molecule has 0 fully saturated rings. The molecule has 162 valence electrons. The summed E-state index contributed by atoms with van der Waals surface area (Å²) in [6, 6.07) is 17.4. The maximum absolute atomic E-state index is 13.1. The molecule has 1 aliphatic rings. The Balaban J connectivity index is 1.55. The van der Waals surface area contributed by atoms with Crippen molar-refractivity contribution >= 4 is 23.2 Å². The van der Waals surface area contributed by atoms with Gasteiger partial charge in [-0.25, -0.2) is 5.01 Å². The number of carbonyl (C=O) groups excluding carboxylic acids is 1. The summed E-state index contributed by atoms with van der Waals surface area (Å²) in [5.74, 6) is 1.10. The Bertz CT molecular complexity index is 1170. The molecule has 0 N–H and O–H groups in total. The fraction of sp³-hybridized carbons (Fsp3) is 0.208. The lowest BCUT2D eigenvalue weighted by molar-refractivity contribution is -0.135. The van der Waals surface area contributed by atoms with E-state index >= 15 is 0 Å². The second-order valence-corrected chi connectivity index (χ2v) is 7.46. The summed E-state index contributed by atoms with van der Waals surface area (Å²) in [6.07, 6.45) is 2.07. The summed E-state index contributed by atoms with van der Waals surface area (Å²) in [6.45, 7) is 1.99. The second-order valence-electron chi connectivity index (χ2n) is 7.02. The van der Waals surface area contributed by atoms with Gasteiger partial charge in [-0.2, -0.15) is 10.4 Å². The Morgan fingerprint density at radius 1 is 1.22 bits per heavy atom. The van der Waals surface area contributed by atoms with Gasteiger partial charge in [0.05, 0.1) is 30.2 Å². The predicted molar refractivity (Wildman–Crippen MR) is 119 cm³/mol. The molecule has 1 atom stereocenters. The Hall–Kier alpha value is -3.76. The number of ether oxygens (including phenoxy) is 2. The zero-order chi connectivity index (χ0) is 22.5. The summed E-state index contributed by atoms with van der Waals surface area (Å²) < 4.78 is 16.9. The van der Waals surface area contributed by atoms with Gasteiger partial charge in [0.15, 0.2) is 18.1 Å². The molecule has 0 saturated carbocycles. The number of rotatable bonds is 7. The van der Waals surface area contributed by atoms with Crippen LogP contribution in [0.5, 0.6) is 11.5 Å². The van der Waals surface area contributed by atoms with E-state index in [4.69, 9.17) is 30.8 Å². The molecule has 0 radical (unpaired) electrons. The van der Waals surface area contributed by atoms with Crippen molar-refractivity contribution < 1.29 is 18.7 Å². The molecule has 32 heavy (non-hydrogen) atoms. The third-order valence-electron chi connectivity index (χ3n) is 4.94. The summed E-state index contributed by atoms with van der Waals surface area (Å²) in [7, 11) is 0. The first-order valence-electron chi connectivity index (χ1n) is 10.1. The first kappa shape index (κ1) is 21.5. The van der Waals surface area contributed by atoms with Crippen LogP contribution in [0, 0.1) is 11.3 Å². The Morgan fingerprint density at radius 2 is 2.03 bits per heavy atom. The number of hydrazone groups is 1. The van der Waals surface area contributed by atoms with Gasteiger partial charge in [-0.15, -0.1) is 0 Å². The number of halogens is 1. The largest absolute Gasteiger partial charge is 0.490 e. The van der Waals surface area contributed by atoms with Crippen LogP contribution in [-0.4, -0.2) is 29.8 Å². The van der Waals surface area contributed by atoms with Gasteiger partial charge in [0, 0.05) is 17.5 Å². The highest BCUT2D eigenvalue weighted by Gasteiger charge is 2.35. The minimum Gasteiger partial charge on any atom is -0.490 e. The van der Waals surface area contributed by atoms with Crippen LogP contribution in [0.3, 0.4) is 0 Å². The first-order chi connectivity index (χ1) is 15.6. The van der Waals surface area contributed by atoms with Crippen LogP contribution in [0.15, 0.2) is 70.4 Å². The van der Waals surface area contributed by atoms with Crippen molar-refractivity contribution in [2.24, 2.45) is 5.10 Å². The quantitative estimate of drug-likeness (QED) is 0.508. The first-order valence-corrected chi connectivity index (χ1v) is 10.5. The Morgan fingerprint density at radius 3 is 2.72 bits per heavy atom. The van der Waals surface area contributed by atoms with Crippen molar-refractivity contribution in [2.45, 2.75) is 19.4 Å². The Kier molecular flexibility index (Phi) is 6.43. The van der Waals surface area contributed by atoms with Gasteiger partial charge >= 0.3 is 0 Å². The SMILES string of the molecule is CCOc1cc(C#N)ccc1OCC(=O)N1N=C(c2ccc(Cl)cc2)CC1c1ccco1. The summed E-state index contributed by atoms with van der Waals surface area (Å²) >= 11 is 6.00. The average Bonchev–Trinajstić information content (AvgIpc) is 3.49. The molecule has 1 aliphatic heterocycles. The van der Waals surface area contributed by atoms with Crippen LogP contribution >= 0.6 is 11.6 Å². The number of benzene rings is 2. The molecule has 1 aromatic heterocycles. The lowest BCUT2D eigenvalue weighted by Crippen LogP contribution is -2.31. The van der Waals surface area contributed by atoms with Crippen molar-refractivity contribution in [3.05, 3.63) is 82.8 Å². The van der Waals surface area contributed by atoms with E-state index < -0.39 is 0 Å². The molecule has 0 bridgehead atoms. The lowest BCUT2D eigenvalue weighted by Gasteiger charge is -2.20. The monoisotopic (exact) mass is 449 g/mol. The number of furan rings is 1. The fourth-order valence-corrected chi connectivity index (χ4v) is 3.56. The number of hydrogen-bond donors (Lipinski definition) is 0. The van der Waals surface area contributed by atoms with E-state index in [-0.39, 0.29) is 18.6 Å². The maximum atomic E-state index is 13.1. The predicted octanol–water partition coefficient (Wildman–Crippen LogP) is 4.96. The molecule has 0 spiro atoms. The van der Waals surface area contributed by atoms with Crippen LogP contribution in [0.2, 0.25) is 5.02 Å². The number of amides is 1. The van der Waals surface area contributed by atoms with E-state index in [2.05, 4.69) is 11.2 Å². The van der Waals surface area contributed by atoms with Crippen molar-refractivity contribution in [1.29, 1.82) is 5.26 Å². The molecule has 8 heteroatoms. The molecule has 4 rings (SSSR count). The highest BCUT2D eigenvalue weighted by Crippen LogP contribution is 2.34. The van der Waals surface area contributed by atoms with Gasteiger partial charge in [0.25, 0.3) is 5.91 Å². The summed E-state index contributed by atoms with van der Waals surface area (Å²) in [4.78, 5) is 13.1. The normalized spacial score (nSPS) is 15.2. The van der Waals surface area contributed by atoms with Crippen LogP contribution in [-0.2, 0) is 4.79 Å². The Labute approximate surface area is 190 Å². The number of nitrogens with zero attached hydrogens (tertiary/aromatic N) is 3. The van der Waals surface area contributed by atoms with Crippen molar-refractivity contribution in [3.8, 4) is 17.6 Å². The van der Waals surface area contributed by atoms with Gasteiger partial charge in [-0.1, -0.05) is 23.7 Å². The van der Waals surface area contributed by atoms with Crippen molar-refractivity contribution in [3.63, 3.8) is 0 Å². The molecule has 2 heterocycles. The third kappa shape index (κ3) is 4.61. The molecule has 0 saturated heterocycles.